The minimum absolute atomic E-state index is 0.0517. The molecule has 2 rings (SSSR count). The maximum absolute atomic E-state index is 11.7. The van der Waals surface area contributed by atoms with Gasteiger partial charge in [-0.15, -0.1) is 0 Å². The van der Waals surface area contributed by atoms with Crippen LogP contribution in [0, 0.1) is 3.57 Å². The van der Waals surface area contributed by atoms with Crippen molar-refractivity contribution in [3.05, 3.63) is 27.8 Å². The van der Waals surface area contributed by atoms with Gasteiger partial charge in [-0.1, -0.05) is 0 Å². The Labute approximate surface area is 132 Å². The molecule has 0 radical (unpaired) electrons. The molecule has 7 heteroatoms. The standard InChI is InChI=1S/C13H16INO4S/c14-10-1-3-12(4-2-10)19-9-13(16)15-11-5-7-20(17,18)8-6-11/h1-4,11H,5-9H2,(H,15,16). The first-order chi connectivity index (χ1) is 9.44. The van der Waals surface area contributed by atoms with Crippen molar-refractivity contribution in [3.8, 4) is 5.75 Å². The zero-order valence-electron chi connectivity index (χ0n) is 10.8. The van der Waals surface area contributed by atoms with Gasteiger partial charge in [-0.2, -0.15) is 0 Å². The predicted octanol–water partition coefficient (Wildman–Crippen LogP) is 1.36. The lowest BCUT2D eigenvalue weighted by atomic mass is 10.1. The molecule has 20 heavy (non-hydrogen) atoms. The third kappa shape index (κ3) is 4.93. The van der Waals surface area contributed by atoms with Crippen molar-refractivity contribution in [3.63, 3.8) is 0 Å². The Morgan fingerprint density at radius 1 is 1.25 bits per heavy atom. The molecular weight excluding hydrogens is 393 g/mol. The molecule has 0 bridgehead atoms. The van der Waals surface area contributed by atoms with Gasteiger partial charge < -0.3 is 10.1 Å². The van der Waals surface area contributed by atoms with E-state index in [2.05, 4.69) is 27.9 Å². The molecular formula is C13H16INO4S. The highest BCUT2D eigenvalue weighted by Crippen LogP contribution is 2.14. The van der Waals surface area contributed by atoms with Crippen LogP contribution in [0.25, 0.3) is 0 Å². The van der Waals surface area contributed by atoms with Gasteiger partial charge in [0.05, 0.1) is 11.5 Å². The van der Waals surface area contributed by atoms with Crippen LogP contribution in [0.4, 0.5) is 0 Å². The second kappa shape index (κ2) is 6.75. The normalized spacial score (nSPS) is 18.4. The lowest BCUT2D eigenvalue weighted by molar-refractivity contribution is -0.123. The van der Waals surface area contributed by atoms with Gasteiger partial charge in [-0.3, -0.25) is 4.79 Å². The van der Waals surface area contributed by atoms with Crippen molar-refractivity contribution in [2.75, 3.05) is 18.1 Å². The Kier molecular flexibility index (Phi) is 5.25. The molecule has 0 aromatic heterocycles. The summed E-state index contributed by atoms with van der Waals surface area (Å²) in [7, 11) is -2.89. The number of ether oxygens (including phenoxy) is 1. The molecule has 1 heterocycles. The van der Waals surface area contributed by atoms with E-state index in [1.54, 1.807) is 0 Å². The fourth-order valence-corrected chi connectivity index (χ4v) is 3.83. The van der Waals surface area contributed by atoms with Crippen LogP contribution >= 0.6 is 22.6 Å². The number of halogens is 1. The Morgan fingerprint density at radius 3 is 2.45 bits per heavy atom. The van der Waals surface area contributed by atoms with E-state index in [0.717, 1.165) is 3.57 Å². The molecule has 110 valence electrons. The summed E-state index contributed by atoms with van der Waals surface area (Å²) in [5.74, 6) is 0.728. The maximum atomic E-state index is 11.7. The summed E-state index contributed by atoms with van der Waals surface area (Å²) < 4.78 is 29.0. The van der Waals surface area contributed by atoms with Crippen LogP contribution < -0.4 is 10.1 Å². The van der Waals surface area contributed by atoms with Crippen LogP contribution in [-0.4, -0.2) is 38.5 Å². The third-order valence-electron chi connectivity index (χ3n) is 3.10. The van der Waals surface area contributed by atoms with Crippen LogP contribution in [0.1, 0.15) is 12.8 Å². The molecule has 1 fully saturated rings. The quantitative estimate of drug-likeness (QED) is 0.763. The number of sulfone groups is 1. The minimum Gasteiger partial charge on any atom is -0.484 e. The number of nitrogens with one attached hydrogen (secondary N) is 1. The summed E-state index contributed by atoms with van der Waals surface area (Å²) in [5.41, 5.74) is 0. The van der Waals surface area contributed by atoms with E-state index < -0.39 is 9.84 Å². The van der Waals surface area contributed by atoms with E-state index in [-0.39, 0.29) is 30.1 Å². The molecule has 0 spiro atoms. The summed E-state index contributed by atoms with van der Waals surface area (Å²) in [6.07, 6.45) is 0.967. The number of hydrogen-bond donors (Lipinski definition) is 1. The Hall–Kier alpha value is -0.830. The smallest absolute Gasteiger partial charge is 0.258 e. The largest absolute Gasteiger partial charge is 0.484 e. The van der Waals surface area contributed by atoms with E-state index in [0.29, 0.717) is 18.6 Å². The lowest BCUT2D eigenvalue weighted by Gasteiger charge is -2.22. The van der Waals surface area contributed by atoms with Gasteiger partial charge in [-0.25, -0.2) is 8.42 Å². The summed E-state index contributed by atoms with van der Waals surface area (Å²) in [5, 5.41) is 2.81. The molecule has 1 amide bonds. The molecule has 0 saturated carbocycles. The lowest BCUT2D eigenvalue weighted by Crippen LogP contribution is -2.42. The average Bonchev–Trinajstić information content (AvgIpc) is 2.41. The number of hydrogen-bond acceptors (Lipinski definition) is 4. The van der Waals surface area contributed by atoms with Crippen molar-refractivity contribution in [1.82, 2.24) is 5.32 Å². The molecule has 0 atom stereocenters. The van der Waals surface area contributed by atoms with Crippen molar-refractivity contribution >= 4 is 38.3 Å². The maximum Gasteiger partial charge on any atom is 0.258 e. The molecule has 1 saturated heterocycles. The van der Waals surface area contributed by atoms with Crippen LogP contribution in [0.15, 0.2) is 24.3 Å². The fraction of sp³-hybridized carbons (Fsp3) is 0.462. The second-order valence-corrected chi connectivity index (χ2v) is 8.29. The Bertz CT molecular complexity index is 557. The van der Waals surface area contributed by atoms with Crippen LogP contribution in [0.2, 0.25) is 0 Å². The van der Waals surface area contributed by atoms with Gasteiger partial charge in [0.15, 0.2) is 6.61 Å². The number of carbonyl (C=O) groups is 1. The van der Waals surface area contributed by atoms with Gasteiger partial charge in [0.1, 0.15) is 15.6 Å². The molecule has 1 aromatic carbocycles. The number of rotatable bonds is 4. The SMILES string of the molecule is O=C(COc1ccc(I)cc1)NC1CCS(=O)(=O)CC1. The summed E-state index contributed by atoms with van der Waals surface area (Å²) in [6, 6.07) is 7.36. The molecule has 1 N–H and O–H groups in total. The highest BCUT2D eigenvalue weighted by Gasteiger charge is 2.24. The predicted molar refractivity (Wildman–Crippen MR) is 84.5 cm³/mol. The van der Waals surface area contributed by atoms with Crippen molar-refractivity contribution in [1.29, 1.82) is 0 Å². The number of amides is 1. The zero-order chi connectivity index (χ0) is 14.6. The average molecular weight is 409 g/mol. The minimum atomic E-state index is -2.89. The van der Waals surface area contributed by atoms with Gasteiger partial charge in [0.2, 0.25) is 0 Å². The zero-order valence-corrected chi connectivity index (χ0v) is 13.8. The van der Waals surface area contributed by atoms with Crippen LogP contribution in [0.3, 0.4) is 0 Å². The van der Waals surface area contributed by atoms with Crippen LogP contribution in [-0.2, 0) is 14.6 Å². The van der Waals surface area contributed by atoms with Gasteiger partial charge in [0, 0.05) is 9.61 Å². The van der Waals surface area contributed by atoms with E-state index in [9.17, 15) is 13.2 Å². The Morgan fingerprint density at radius 2 is 1.85 bits per heavy atom. The molecule has 1 aliphatic rings. The topological polar surface area (TPSA) is 72.5 Å². The Balaban J connectivity index is 1.74. The van der Waals surface area contributed by atoms with Gasteiger partial charge in [-0.05, 0) is 59.7 Å². The fourth-order valence-electron chi connectivity index (χ4n) is 1.98. The van der Waals surface area contributed by atoms with E-state index in [1.807, 2.05) is 24.3 Å². The monoisotopic (exact) mass is 409 g/mol. The molecule has 1 aromatic rings. The third-order valence-corrected chi connectivity index (χ3v) is 5.54. The van der Waals surface area contributed by atoms with E-state index in [4.69, 9.17) is 4.74 Å². The highest BCUT2D eigenvalue weighted by molar-refractivity contribution is 14.1. The van der Waals surface area contributed by atoms with E-state index in [1.165, 1.54) is 0 Å². The molecule has 0 aliphatic carbocycles. The summed E-state index contributed by atoms with van der Waals surface area (Å²) >= 11 is 2.19. The first-order valence-corrected chi connectivity index (χ1v) is 9.23. The first-order valence-electron chi connectivity index (χ1n) is 6.33. The molecule has 5 nitrogen and oxygen atoms in total. The van der Waals surface area contributed by atoms with E-state index >= 15 is 0 Å². The molecule has 0 unspecified atom stereocenters. The number of benzene rings is 1. The van der Waals surface area contributed by atoms with Crippen molar-refractivity contribution in [2.24, 2.45) is 0 Å². The second-order valence-electron chi connectivity index (χ2n) is 4.74. The van der Waals surface area contributed by atoms with Crippen molar-refractivity contribution < 1.29 is 17.9 Å². The first kappa shape index (κ1) is 15.6. The molecule has 1 aliphatic heterocycles. The van der Waals surface area contributed by atoms with Crippen LogP contribution in [0.5, 0.6) is 5.75 Å². The number of carbonyl (C=O) groups excluding carboxylic acids is 1. The summed E-state index contributed by atoms with van der Waals surface area (Å²) in [6.45, 7) is -0.0517. The van der Waals surface area contributed by atoms with Crippen molar-refractivity contribution in [2.45, 2.75) is 18.9 Å². The van der Waals surface area contributed by atoms with Gasteiger partial charge >= 0.3 is 0 Å². The van der Waals surface area contributed by atoms with Gasteiger partial charge in [0.25, 0.3) is 5.91 Å². The highest BCUT2D eigenvalue weighted by atomic mass is 127. The summed E-state index contributed by atoms with van der Waals surface area (Å²) in [4.78, 5) is 11.7.